The Morgan fingerprint density at radius 2 is 0.746 bits per heavy atom. The van der Waals surface area contributed by atoms with Gasteiger partial charge < -0.3 is 14.2 Å². The summed E-state index contributed by atoms with van der Waals surface area (Å²) < 4.78 is 16.7. The van der Waals surface area contributed by atoms with Gasteiger partial charge in [0.2, 0.25) is 0 Å². The van der Waals surface area contributed by atoms with E-state index in [2.05, 4.69) is 81.5 Å². The van der Waals surface area contributed by atoms with Crippen LogP contribution in [0.4, 0.5) is 0 Å². The molecule has 6 heteroatoms. The lowest BCUT2D eigenvalue weighted by atomic mass is 10.1. The SMILES string of the molecule is CC\C=C/C=C\C=C/C=C\CCCCCC(=O)OC(COC(=O)CCCCCCCC/C=C\C/C=C\C/C=C\C/C=C\CC)COC(=O)CCCCCCCCCCC. The molecule has 1 unspecified atom stereocenters. The number of rotatable bonds is 41. The monoisotopic (exact) mass is 819 g/mol. The molecule has 0 aromatic heterocycles. The molecule has 6 nitrogen and oxygen atoms in total. The lowest BCUT2D eigenvalue weighted by Crippen LogP contribution is -2.30. The van der Waals surface area contributed by atoms with E-state index in [-0.39, 0.29) is 37.5 Å². The van der Waals surface area contributed by atoms with Crippen LogP contribution in [0.5, 0.6) is 0 Å². The van der Waals surface area contributed by atoms with E-state index in [0.717, 1.165) is 103 Å². The number of allylic oxidation sites excluding steroid dienone is 16. The maximum Gasteiger partial charge on any atom is 0.306 e. The van der Waals surface area contributed by atoms with Crippen molar-refractivity contribution in [2.45, 2.75) is 207 Å². The molecule has 0 bridgehead atoms. The minimum Gasteiger partial charge on any atom is -0.462 e. The number of carbonyl (C=O) groups excluding carboxylic acids is 3. The Bertz CT molecular complexity index is 1220. The Kier molecular flexibility index (Phi) is 44.1. The maximum atomic E-state index is 12.7. The molecule has 0 N–H and O–H groups in total. The Hall–Kier alpha value is -3.67. The zero-order valence-corrected chi connectivity index (χ0v) is 38.0. The fraction of sp³-hybridized carbons (Fsp3) is 0.642. The van der Waals surface area contributed by atoms with Crippen molar-refractivity contribution in [2.24, 2.45) is 0 Å². The molecule has 334 valence electrons. The first kappa shape index (κ1) is 55.3. The molecular weight excluding hydrogens is 733 g/mol. The van der Waals surface area contributed by atoms with Crippen LogP contribution in [-0.4, -0.2) is 37.2 Å². The Balaban J connectivity index is 4.42. The van der Waals surface area contributed by atoms with Crippen molar-refractivity contribution < 1.29 is 28.6 Å². The number of unbranched alkanes of at least 4 members (excludes halogenated alkanes) is 17. The van der Waals surface area contributed by atoms with Gasteiger partial charge in [0.1, 0.15) is 13.2 Å². The van der Waals surface area contributed by atoms with Gasteiger partial charge in [-0.25, -0.2) is 0 Å². The molecule has 0 radical (unpaired) electrons. The summed E-state index contributed by atoms with van der Waals surface area (Å²) >= 11 is 0. The van der Waals surface area contributed by atoms with E-state index in [1.54, 1.807) is 0 Å². The Morgan fingerprint density at radius 1 is 0.373 bits per heavy atom. The van der Waals surface area contributed by atoms with E-state index >= 15 is 0 Å². The first-order chi connectivity index (χ1) is 29.0. The van der Waals surface area contributed by atoms with Crippen molar-refractivity contribution in [3.8, 4) is 0 Å². The predicted octanol–water partition coefficient (Wildman–Crippen LogP) is 15.4. The molecule has 0 saturated carbocycles. The fourth-order valence-electron chi connectivity index (χ4n) is 6.15. The second kappa shape index (κ2) is 47.0. The maximum absolute atomic E-state index is 12.7. The standard InChI is InChI=1S/C53H86O6/c1-4-7-10-13-16-19-21-23-24-25-26-27-28-30-31-34-37-40-43-46-52(55)58-49-50(48-57-51(54)45-42-39-36-33-18-15-12-9-6-3)59-53(56)47-44-41-38-35-32-29-22-20-17-14-11-8-5-2/h7-8,10-11,14,16-17,19-20,22-24,26-27,29,32,50H,4-6,9,12-13,15,18,21,25,28,30-31,33-49H2,1-3H3/b10-7-,11-8-,17-14-,19-16-,22-20-,24-23-,27-26-,32-29-. The van der Waals surface area contributed by atoms with Crippen molar-refractivity contribution in [3.63, 3.8) is 0 Å². The second-order valence-electron chi connectivity index (χ2n) is 15.4. The fourth-order valence-corrected chi connectivity index (χ4v) is 6.15. The smallest absolute Gasteiger partial charge is 0.306 e. The molecule has 0 aliphatic carbocycles. The van der Waals surface area contributed by atoms with Crippen molar-refractivity contribution in [3.05, 3.63) is 97.2 Å². The molecule has 0 amide bonds. The summed E-state index contributed by atoms with van der Waals surface area (Å²) in [6.45, 7) is 6.30. The summed E-state index contributed by atoms with van der Waals surface area (Å²) in [6, 6.07) is 0. The van der Waals surface area contributed by atoms with Crippen molar-refractivity contribution in [1.29, 1.82) is 0 Å². The van der Waals surface area contributed by atoms with E-state index in [1.165, 1.54) is 51.4 Å². The molecule has 0 aromatic rings. The topological polar surface area (TPSA) is 78.9 Å². The van der Waals surface area contributed by atoms with Crippen LogP contribution in [0.25, 0.3) is 0 Å². The molecule has 0 aromatic carbocycles. The van der Waals surface area contributed by atoms with Gasteiger partial charge in [-0.1, -0.05) is 201 Å². The van der Waals surface area contributed by atoms with E-state index in [9.17, 15) is 14.4 Å². The molecule has 0 spiro atoms. The highest BCUT2D eigenvalue weighted by atomic mass is 16.6. The summed E-state index contributed by atoms with van der Waals surface area (Å²) in [4.78, 5) is 37.8. The average Bonchev–Trinajstić information content (AvgIpc) is 3.23. The summed E-state index contributed by atoms with van der Waals surface area (Å²) in [7, 11) is 0. The summed E-state index contributed by atoms with van der Waals surface area (Å²) in [6.07, 6.45) is 61.1. The molecule has 0 fully saturated rings. The Labute approximate surface area is 362 Å². The third-order valence-corrected chi connectivity index (χ3v) is 9.68. The molecule has 0 saturated heterocycles. The van der Waals surface area contributed by atoms with Gasteiger partial charge >= 0.3 is 17.9 Å². The van der Waals surface area contributed by atoms with Gasteiger partial charge in [-0.3, -0.25) is 14.4 Å². The second-order valence-corrected chi connectivity index (χ2v) is 15.4. The van der Waals surface area contributed by atoms with Gasteiger partial charge in [-0.2, -0.15) is 0 Å². The van der Waals surface area contributed by atoms with E-state index < -0.39 is 6.10 Å². The van der Waals surface area contributed by atoms with Crippen LogP contribution >= 0.6 is 0 Å². The van der Waals surface area contributed by atoms with Crippen LogP contribution in [0.3, 0.4) is 0 Å². The third kappa shape index (κ3) is 45.3. The number of hydrogen-bond donors (Lipinski definition) is 0. The molecule has 0 heterocycles. The van der Waals surface area contributed by atoms with Gasteiger partial charge in [0, 0.05) is 19.3 Å². The summed E-state index contributed by atoms with van der Waals surface area (Å²) in [5.74, 6) is -0.963. The largest absolute Gasteiger partial charge is 0.462 e. The number of carbonyl (C=O) groups is 3. The zero-order chi connectivity index (χ0) is 43.0. The van der Waals surface area contributed by atoms with Gasteiger partial charge in [-0.15, -0.1) is 0 Å². The van der Waals surface area contributed by atoms with Gasteiger partial charge in [0.15, 0.2) is 6.10 Å². The third-order valence-electron chi connectivity index (χ3n) is 9.68. The van der Waals surface area contributed by atoms with Crippen LogP contribution < -0.4 is 0 Å². The number of ether oxygens (including phenoxy) is 3. The number of esters is 3. The molecular formula is C53H86O6. The molecule has 59 heavy (non-hydrogen) atoms. The van der Waals surface area contributed by atoms with Crippen LogP contribution in [0.1, 0.15) is 201 Å². The Morgan fingerprint density at radius 3 is 1.25 bits per heavy atom. The predicted molar refractivity (Wildman–Crippen MR) is 251 cm³/mol. The normalized spacial score (nSPS) is 12.9. The van der Waals surface area contributed by atoms with Gasteiger partial charge in [-0.05, 0) is 77.0 Å². The highest BCUT2D eigenvalue weighted by Gasteiger charge is 2.19. The first-order valence-corrected chi connectivity index (χ1v) is 23.8. The van der Waals surface area contributed by atoms with E-state index in [0.29, 0.717) is 19.3 Å². The summed E-state index contributed by atoms with van der Waals surface area (Å²) in [5.41, 5.74) is 0. The van der Waals surface area contributed by atoms with E-state index in [4.69, 9.17) is 14.2 Å². The van der Waals surface area contributed by atoms with E-state index in [1.807, 2.05) is 36.5 Å². The molecule has 0 aliphatic rings. The minimum absolute atomic E-state index is 0.0986. The van der Waals surface area contributed by atoms with Crippen LogP contribution in [0.15, 0.2) is 97.2 Å². The van der Waals surface area contributed by atoms with Gasteiger partial charge in [0.05, 0.1) is 0 Å². The van der Waals surface area contributed by atoms with Crippen molar-refractivity contribution >= 4 is 17.9 Å². The van der Waals surface area contributed by atoms with Crippen LogP contribution in [0.2, 0.25) is 0 Å². The molecule has 1 atom stereocenters. The lowest BCUT2D eigenvalue weighted by Gasteiger charge is -2.18. The average molecular weight is 819 g/mol. The highest BCUT2D eigenvalue weighted by Crippen LogP contribution is 2.13. The summed E-state index contributed by atoms with van der Waals surface area (Å²) in [5, 5.41) is 0. The van der Waals surface area contributed by atoms with Crippen molar-refractivity contribution in [2.75, 3.05) is 13.2 Å². The molecule has 0 rings (SSSR count). The van der Waals surface area contributed by atoms with Crippen LogP contribution in [-0.2, 0) is 28.6 Å². The minimum atomic E-state index is -0.801. The molecule has 0 aliphatic heterocycles. The van der Waals surface area contributed by atoms with Crippen molar-refractivity contribution in [1.82, 2.24) is 0 Å². The van der Waals surface area contributed by atoms with Gasteiger partial charge in [0.25, 0.3) is 0 Å². The van der Waals surface area contributed by atoms with Crippen LogP contribution in [0, 0.1) is 0 Å². The quantitative estimate of drug-likeness (QED) is 0.0201. The first-order valence-electron chi connectivity index (χ1n) is 23.8. The highest BCUT2D eigenvalue weighted by molar-refractivity contribution is 5.71. The zero-order valence-electron chi connectivity index (χ0n) is 38.0. The lowest BCUT2D eigenvalue weighted by molar-refractivity contribution is -0.167. The number of hydrogen-bond acceptors (Lipinski definition) is 6.